The summed E-state index contributed by atoms with van der Waals surface area (Å²) in [5.74, 6) is -1.07. The zero-order chi connectivity index (χ0) is 19.5. The largest absolute Gasteiger partial charge is 0.322 e. The molecule has 8 heteroatoms. The van der Waals surface area contributed by atoms with Crippen LogP contribution < -0.4 is 5.32 Å². The van der Waals surface area contributed by atoms with E-state index in [1.54, 1.807) is 26.8 Å². The molecule has 0 aliphatic heterocycles. The highest BCUT2D eigenvalue weighted by Crippen LogP contribution is 2.24. The topological polar surface area (TPSA) is 66.5 Å². The molecule has 0 aromatic heterocycles. The standard InChI is InChI=1S/C18H20ClFN2O3S/c1-4-22(5-2)26(24,25)14-8-9-16(19)15(11-14)18(23)21-13-7-6-12(3)17(20)10-13/h6-11H,4-5H2,1-3H3,(H,21,23). The first kappa shape index (κ1) is 20.4. The van der Waals surface area contributed by atoms with E-state index in [4.69, 9.17) is 11.6 Å². The number of nitrogens with one attached hydrogen (secondary N) is 1. The van der Waals surface area contributed by atoms with Gasteiger partial charge in [0, 0.05) is 18.8 Å². The average Bonchev–Trinajstić information content (AvgIpc) is 2.59. The fraction of sp³-hybridized carbons (Fsp3) is 0.278. The molecule has 26 heavy (non-hydrogen) atoms. The third kappa shape index (κ3) is 4.23. The van der Waals surface area contributed by atoms with Gasteiger partial charge in [-0.05, 0) is 42.8 Å². The number of halogens is 2. The molecule has 0 atom stereocenters. The monoisotopic (exact) mass is 398 g/mol. The van der Waals surface area contributed by atoms with Crippen molar-refractivity contribution in [3.8, 4) is 0 Å². The molecule has 0 heterocycles. The zero-order valence-corrected chi connectivity index (χ0v) is 16.3. The van der Waals surface area contributed by atoms with E-state index >= 15 is 0 Å². The molecule has 1 amide bonds. The number of anilines is 1. The van der Waals surface area contributed by atoms with E-state index in [1.807, 2.05) is 0 Å². The van der Waals surface area contributed by atoms with Crippen LogP contribution in [0.5, 0.6) is 0 Å². The first-order chi connectivity index (χ1) is 12.2. The second-order valence-electron chi connectivity index (χ2n) is 5.65. The molecular formula is C18H20ClFN2O3S. The van der Waals surface area contributed by atoms with E-state index in [0.29, 0.717) is 18.7 Å². The van der Waals surface area contributed by atoms with Crippen LogP contribution in [0.15, 0.2) is 41.3 Å². The van der Waals surface area contributed by atoms with Crippen molar-refractivity contribution in [2.75, 3.05) is 18.4 Å². The molecule has 0 aliphatic rings. The number of carbonyl (C=O) groups excluding carboxylic acids is 1. The van der Waals surface area contributed by atoms with Gasteiger partial charge in [0.25, 0.3) is 5.91 Å². The Morgan fingerprint density at radius 1 is 1.15 bits per heavy atom. The molecule has 140 valence electrons. The Labute approximate surface area is 157 Å². The Bertz CT molecular complexity index is 928. The molecule has 0 fully saturated rings. The summed E-state index contributed by atoms with van der Waals surface area (Å²) >= 11 is 6.07. The number of hydrogen-bond donors (Lipinski definition) is 1. The maximum atomic E-state index is 13.6. The molecule has 0 unspecified atom stereocenters. The van der Waals surface area contributed by atoms with Gasteiger partial charge < -0.3 is 5.32 Å². The Morgan fingerprint density at radius 2 is 1.81 bits per heavy atom. The summed E-state index contributed by atoms with van der Waals surface area (Å²) in [6.45, 7) is 5.70. The zero-order valence-electron chi connectivity index (χ0n) is 14.7. The van der Waals surface area contributed by atoms with Crippen LogP contribution in [-0.4, -0.2) is 31.7 Å². The molecule has 5 nitrogen and oxygen atoms in total. The number of aryl methyl sites for hydroxylation is 1. The van der Waals surface area contributed by atoms with Crippen LogP contribution in [0.25, 0.3) is 0 Å². The molecule has 2 aromatic carbocycles. The van der Waals surface area contributed by atoms with Crippen molar-refractivity contribution < 1.29 is 17.6 Å². The summed E-state index contributed by atoms with van der Waals surface area (Å²) in [6, 6.07) is 8.24. The van der Waals surface area contributed by atoms with E-state index < -0.39 is 21.7 Å². The Kier molecular flexibility index (Phi) is 6.39. The van der Waals surface area contributed by atoms with Gasteiger partial charge in [-0.2, -0.15) is 4.31 Å². The van der Waals surface area contributed by atoms with E-state index in [-0.39, 0.29) is 21.2 Å². The molecule has 2 aromatic rings. The lowest BCUT2D eigenvalue weighted by molar-refractivity contribution is 0.102. The maximum absolute atomic E-state index is 13.6. The summed E-state index contributed by atoms with van der Waals surface area (Å²) in [4.78, 5) is 12.5. The first-order valence-corrected chi connectivity index (χ1v) is 9.89. The van der Waals surface area contributed by atoms with Crippen LogP contribution in [0, 0.1) is 12.7 Å². The van der Waals surface area contributed by atoms with Crippen molar-refractivity contribution in [3.63, 3.8) is 0 Å². The minimum Gasteiger partial charge on any atom is -0.322 e. The molecule has 0 bridgehead atoms. The number of hydrogen-bond acceptors (Lipinski definition) is 3. The molecule has 0 aliphatic carbocycles. The summed E-state index contributed by atoms with van der Waals surface area (Å²) in [7, 11) is -3.72. The Morgan fingerprint density at radius 3 is 2.38 bits per heavy atom. The van der Waals surface area contributed by atoms with E-state index in [1.165, 1.54) is 34.6 Å². The van der Waals surface area contributed by atoms with Crippen LogP contribution in [0.1, 0.15) is 29.8 Å². The number of carbonyl (C=O) groups is 1. The maximum Gasteiger partial charge on any atom is 0.257 e. The van der Waals surface area contributed by atoms with Gasteiger partial charge >= 0.3 is 0 Å². The number of amides is 1. The summed E-state index contributed by atoms with van der Waals surface area (Å²) in [5.41, 5.74) is 0.709. The minimum absolute atomic E-state index is 0.000816. The van der Waals surface area contributed by atoms with Gasteiger partial charge in [0.05, 0.1) is 15.5 Å². The van der Waals surface area contributed by atoms with Crippen molar-refractivity contribution in [2.24, 2.45) is 0 Å². The second-order valence-corrected chi connectivity index (χ2v) is 7.99. The fourth-order valence-corrected chi connectivity index (χ4v) is 4.11. The summed E-state index contributed by atoms with van der Waals surface area (Å²) in [5, 5.41) is 2.64. The van der Waals surface area contributed by atoms with Gasteiger partial charge in [0.2, 0.25) is 10.0 Å². The molecule has 0 radical (unpaired) electrons. The van der Waals surface area contributed by atoms with Gasteiger partial charge in [0.1, 0.15) is 5.82 Å². The predicted octanol–water partition coefficient (Wildman–Crippen LogP) is 4.07. The van der Waals surface area contributed by atoms with Gasteiger partial charge in [0.15, 0.2) is 0 Å². The van der Waals surface area contributed by atoms with Crippen molar-refractivity contribution in [3.05, 3.63) is 58.4 Å². The minimum atomic E-state index is -3.72. The van der Waals surface area contributed by atoms with Crippen LogP contribution in [-0.2, 0) is 10.0 Å². The van der Waals surface area contributed by atoms with Gasteiger partial charge in [-0.15, -0.1) is 0 Å². The fourth-order valence-electron chi connectivity index (χ4n) is 2.42. The number of nitrogens with zero attached hydrogens (tertiary/aromatic N) is 1. The van der Waals surface area contributed by atoms with Gasteiger partial charge in [-0.1, -0.05) is 31.5 Å². The van der Waals surface area contributed by atoms with E-state index in [0.717, 1.165) is 0 Å². The highest BCUT2D eigenvalue weighted by Gasteiger charge is 2.24. The quantitative estimate of drug-likeness (QED) is 0.797. The lowest BCUT2D eigenvalue weighted by atomic mass is 10.2. The lowest BCUT2D eigenvalue weighted by Gasteiger charge is -2.19. The third-order valence-corrected chi connectivity index (χ3v) is 6.33. The molecular weight excluding hydrogens is 379 g/mol. The van der Waals surface area contributed by atoms with Crippen molar-refractivity contribution in [2.45, 2.75) is 25.7 Å². The molecule has 1 N–H and O–H groups in total. The molecule has 0 spiro atoms. The molecule has 2 rings (SSSR count). The Hall–Kier alpha value is -1.96. The van der Waals surface area contributed by atoms with E-state index in [2.05, 4.69) is 5.32 Å². The molecule has 0 saturated heterocycles. The van der Waals surface area contributed by atoms with Crippen molar-refractivity contribution in [1.29, 1.82) is 0 Å². The smallest absolute Gasteiger partial charge is 0.257 e. The first-order valence-electron chi connectivity index (χ1n) is 8.07. The van der Waals surface area contributed by atoms with Crippen LogP contribution in [0.3, 0.4) is 0 Å². The van der Waals surface area contributed by atoms with Crippen LogP contribution in [0.2, 0.25) is 5.02 Å². The van der Waals surface area contributed by atoms with Crippen molar-refractivity contribution in [1.82, 2.24) is 4.31 Å². The number of benzene rings is 2. The SMILES string of the molecule is CCN(CC)S(=O)(=O)c1ccc(Cl)c(C(=O)Nc2ccc(C)c(F)c2)c1. The normalized spacial score (nSPS) is 11.6. The summed E-state index contributed by atoms with van der Waals surface area (Å²) in [6.07, 6.45) is 0. The lowest BCUT2D eigenvalue weighted by Crippen LogP contribution is -2.30. The highest BCUT2D eigenvalue weighted by atomic mass is 35.5. The number of sulfonamides is 1. The second kappa shape index (κ2) is 8.16. The molecule has 0 saturated carbocycles. The van der Waals surface area contributed by atoms with E-state index in [9.17, 15) is 17.6 Å². The van der Waals surface area contributed by atoms with Gasteiger partial charge in [-0.3, -0.25) is 4.79 Å². The number of rotatable bonds is 6. The summed E-state index contributed by atoms with van der Waals surface area (Å²) < 4.78 is 40.2. The van der Waals surface area contributed by atoms with Crippen LogP contribution >= 0.6 is 11.6 Å². The Balaban J connectivity index is 2.37. The highest BCUT2D eigenvalue weighted by molar-refractivity contribution is 7.89. The van der Waals surface area contributed by atoms with Crippen LogP contribution in [0.4, 0.5) is 10.1 Å². The third-order valence-electron chi connectivity index (χ3n) is 3.96. The average molecular weight is 399 g/mol. The van der Waals surface area contributed by atoms with Crippen molar-refractivity contribution >= 4 is 33.2 Å². The predicted molar refractivity (Wildman–Crippen MR) is 101 cm³/mol. The van der Waals surface area contributed by atoms with Gasteiger partial charge in [-0.25, -0.2) is 12.8 Å².